The monoisotopic (exact) mass is 218 g/mol. The first kappa shape index (κ1) is 11.1. The SMILES string of the molecule is CC(=O)C(F)(F)Cc1ccccc1Cl. The van der Waals surface area contributed by atoms with Crippen LogP contribution in [0.15, 0.2) is 24.3 Å². The van der Waals surface area contributed by atoms with E-state index in [4.69, 9.17) is 11.6 Å². The molecular formula is C10H9ClF2O. The van der Waals surface area contributed by atoms with Gasteiger partial charge in [0.25, 0.3) is 0 Å². The fourth-order valence-electron chi connectivity index (χ4n) is 1.01. The summed E-state index contributed by atoms with van der Waals surface area (Å²) in [6.45, 7) is 0.872. The van der Waals surface area contributed by atoms with Crippen LogP contribution in [0, 0.1) is 0 Å². The second-order valence-electron chi connectivity index (χ2n) is 3.03. The van der Waals surface area contributed by atoms with Crippen LogP contribution in [0.1, 0.15) is 12.5 Å². The molecule has 76 valence electrons. The number of carbonyl (C=O) groups is 1. The molecule has 4 heteroatoms. The van der Waals surface area contributed by atoms with E-state index in [2.05, 4.69) is 0 Å². The summed E-state index contributed by atoms with van der Waals surface area (Å²) in [5.74, 6) is -4.47. The lowest BCUT2D eigenvalue weighted by Crippen LogP contribution is -2.28. The van der Waals surface area contributed by atoms with Gasteiger partial charge in [-0.15, -0.1) is 0 Å². The van der Waals surface area contributed by atoms with Gasteiger partial charge in [-0.25, -0.2) is 0 Å². The standard InChI is InChI=1S/C10H9ClF2O/c1-7(14)10(12,13)6-8-4-2-3-5-9(8)11/h2-5H,6H2,1H3. The number of ketones is 1. The van der Waals surface area contributed by atoms with E-state index in [1.54, 1.807) is 12.1 Å². The Balaban J connectivity index is 2.89. The molecule has 0 bridgehead atoms. The van der Waals surface area contributed by atoms with Gasteiger partial charge in [-0.2, -0.15) is 8.78 Å². The Morgan fingerprint density at radius 3 is 2.50 bits per heavy atom. The Morgan fingerprint density at radius 2 is 2.00 bits per heavy atom. The Labute approximate surface area is 85.7 Å². The van der Waals surface area contributed by atoms with Crippen LogP contribution in [-0.2, 0) is 11.2 Å². The second-order valence-corrected chi connectivity index (χ2v) is 3.44. The van der Waals surface area contributed by atoms with E-state index >= 15 is 0 Å². The van der Waals surface area contributed by atoms with Crippen molar-refractivity contribution in [1.82, 2.24) is 0 Å². The summed E-state index contributed by atoms with van der Waals surface area (Å²) in [4.78, 5) is 10.6. The Kier molecular flexibility index (Phi) is 3.21. The molecule has 14 heavy (non-hydrogen) atoms. The molecule has 0 saturated carbocycles. The van der Waals surface area contributed by atoms with Crippen molar-refractivity contribution in [2.24, 2.45) is 0 Å². The lowest BCUT2D eigenvalue weighted by Gasteiger charge is -2.13. The summed E-state index contributed by atoms with van der Waals surface area (Å²) in [5, 5.41) is 0.258. The Morgan fingerprint density at radius 1 is 1.43 bits per heavy atom. The Bertz CT molecular complexity index is 350. The van der Waals surface area contributed by atoms with Crippen LogP contribution in [0.3, 0.4) is 0 Å². The lowest BCUT2D eigenvalue weighted by atomic mass is 10.0. The third-order valence-electron chi connectivity index (χ3n) is 1.89. The van der Waals surface area contributed by atoms with E-state index in [1.165, 1.54) is 12.1 Å². The highest BCUT2D eigenvalue weighted by molar-refractivity contribution is 6.31. The molecule has 0 saturated heterocycles. The maximum absolute atomic E-state index is 13.0. The maximum Gasteiger partial charge on any atom is 0.308 e. The summed E-state index contributed by atoms with van der Waals surface area (Å²) >= 11 is 5.69. The molecule has 1 aromatic carbocycles. The van der Waals surface area contributed by atoms with Crippen LogP contribution < -0.4 is 0 Å². The molecule has 0 heterocycles. The number of carbonyl (C=O) groups excluding carboxylic acids is 1. The Hall–Kier alpha value is -0.960. The third-order valence-corrected chi connectivity index (χ3v) is 2.25. The quantitative estimate of drug-likeness (QED) is 0.762. The van der Waals surface area contributed by atoms with E-state index in [0.717, 1.165) is 6.92 Å². The number of alkyl halides is 2. The summed E-state index contributed by atoms with van der Waals surface area (Å²) in [6.07, 6.45) is -0.637. The van der Waals surface area contributed by atoms with E-state index in [-0.39, 0.29) is 10.6 Å². The van der Waals surface area contributed by atoms with Crippen molar-refractivity contribution in [3.8, 4) is 0 Å². The minimum Gasteiger partial charge on any atom is -0.293 e. The number of hydrogen-bond acceptors (Lipinski definition) is 1. The molecule has 1 rings (SSSR count). The fraction of sp³-hybridized carbons (Fsp3) is 0.300. The molecule has 0 aliphatic carbocycles. The first-order chi connectivity index (χ1) is 6.43. The number of hydrogen-bond donors (Lipinski definition) is 0. The van der Waals surface area contributed by atoms with Crippen molar-refractivity contribution in [2.75, 3.05) is 0 Å². The average molecular weight is 219 g/mol. The van der Waals surface area contributed by atoms with Gasteiger partial charge in [-0.05, 0) is 11.6 Å². The van der Waals surface area contributed by atoms with E-state index in [0.29, 0.717) is 0 Å². The number of benzene rings is 1. The molecule has 0 spiro atoms. The predicted molar refractivity (Wildman–Crippen MR) is 50.8 cm³/mol. The van der Waals surface area contributed by atoms with Crippen molar-refractivity contribution >= 4 is 17.4 Å². The molecule has 0 aliphatic heterocycles. The highest BCUT2D eigenvalue weighted by Gasteiger charge is 2.35. The zero-order chi connectivity index (χ0) is 10.8. The molecule has 0 N–H and O–H groups in total. The van der Waals surface area contributed by atoms with Gasteiger partial charge < -0.3 is 0 Å². The molecule has 1 aromatic rings. The van der Waals surface area contributed by atoms with Crippen LogP contribution in [0.2, 0.25) is 5.02 Å². The molecule has 0 fully saturated rings. The number of Topliss-reactive ketones (excluding diaryl/α,β-unsaturated/α-hetero) is 1. The van der Waals surface area contributed by atoms with Crippen molar-refractivity contribution in [1.29, 1.82) is 0 Å². The van der Waals surface area contributed by atoms with Gasteiger partial charge in [0.2, 0.25) is 0 Å². The van der Waals surface area contributed by atoms with E-state index < -0.39 is 18.1 Å². The van der Waals surface area contributed by atoms with Gasteiger partial charge in [-0.1, -0.05) is 29.8 Å². The minimum atomic E-state index is -3.33. The van der Waals surface area contributed by atoms with Crippen LogP contribution in [0.4, 0.5) is 8.78 Å². The molecule has 1 nitrogen and oxygen atoms in total. The van der Waals surface area contributed by atoms with E-state index in [9.17, 15) is 13.6 Å². The summed E-state index contributed by atoms with van der Waals surface area (Å²) in [5.41, 5.74) is 0.286. The van der Waals surface area contributed by atoms with Gasteiger partial charge in [-0.3, -0.25) is 4.79 Å². The molecule has 0 atom stereocenters. The van der Waals surface area contributed by atoms with Crippen molar-refractivity contribution < 1.29 is 13.6 Å². The smallest absolute Gasteiger partial charge is 0.293 e. The molecule has 0 aliphatic rings. The summed E-state index contributed by atoms with van der Waals surface area (Å²) in [7, 11) is 0. The topological polar surface area (TPSA) is 17.1 Å². The van der Waals surface area contributed by atoms with Crippen molar-refractivity contribution in [3.05, 3.63) is 34.9 Å². The van der Waals surface area contributed by atoms with Gasteiger partial charge >= 0.3 is 5.92 Å². The van der Waals surface area contributed by atoms with E-state index in [1.807, 2.05) is 0 Å². The van der Waals surface area contributed by atoms with Crippen LogP contribution in [0.25, 0.3) is 0 Å². The molecule has 0 unspecified atom stereocenters. The average Bonchev–Trinajstić information content (AvgIpc) is 2.08. The first-order valence-electron chi connectivity index (χ1n) is 4.06. The molecule has 0 amide bonds. The van der Waals surface area contributed by atoms with Crippen LogP contribution in [-0.4, -0.2) is 11.7 Å². The van der Waals surface area contributed by atoms with Crippen molar-refractivity contribution in [3.63, 3.8) is 0 Å². The zero-order valence-corrected chi connectivity index (χ0v) is 8.31. The first-order valence-corrected chi connectivity index (χ1v) is 4.43. The maximum atomic E-state index is 13.0. The summed E-state index contributed by atoms with van der Waals surface area (Å²) < 4.78 is 26.0. The van der Waals surface area contributed by atoms with Gasteiger partial charge in [0, 0.05) is 18.4 Å². The molecular weight excluding hydrogens is 210 g/mol. The third kappa shape index (κ3) is 2.51. The zero-order valence-electron chi connectivity index (χ0n) is 7.56. The molecule has 0 aromatic heterocycles. The highest BCUT2D eigenvalue weighted by Crippen LogP contribution is 2.25. The number of halogens is 3. The second kappa shape index (κ2) is 4.05. The largest absolute Gasteiger partial charge is 0.308 e. The lowest BCUT2D eigenvalue weighted by molar-refractivity contribution is -0.140. The minimum absolute atomic E-state index is 0.258. The fourth-order valence-corrected chi connectivity index (χ4v) is 1.21. The van der Waals surface area contributed by atoms with Gasteiger partial charge in [0.05, 0.1) is 0 Å². The van der Waals surface area contributed by atoms with Crippen molar-refractivity contribution in [2.45, 2.75) is 19.3 Å². The predicted octanol–water partition coefficient (Wildman–Crippen LogP) is 3.11. The molecule has 0 radical (unpaired) electrons. The van der Waals surface area contributed by atoms with Gasteiger partial charge in [0.15, 0.2) is 5.78 Å². The summed E-state index contributed by atoms with van der Waals surface area (Å²) in [6, 6.07) is 6.27. The highest BCUT2D eigenvalue weighted by atomic mass is 35.5. The normalized spacial score (nSPS) is 11.4. The van der Waals surface area contributed by atoms with Crippen LogP contribution >= 0.6 is 11.6 Å². The van der Waals surface area contributed by atoms with Crippen LogP contribution in [0.5, 0.6) is 0 Å². The number of rotatable bonds is 3. The van der Waals surface area contributed by atoms with Gasteiger partial charge in [0.1, 0.15) is 0 Å².